The van der Waals surface area contributed by atoms with Gasteiger partial charge in [-0.05, 0) is 31.4 Å². The van der Waals surface area contributed by atoms with Crippen LogP contribution in [0.15, 0.2) is 18.5 Å². The predicted molar refractivity (Wildman–Crippen MR) is 72.9 cm³/mol. The first-order valence-electron chi connectivity index (χ1n) is 6.38. The van der Waals surface area contributed by atoms with Crippen LogP contribution < -0.4 is 5.32 Å². The average Bonchev–Trinajstić information content (AvgIpc) is 2.35. The number of aryl methyl sites for hydroxylation is 1. The van der Waals surface area contributed by atoms with Gasteiger partial charge in [0.1, 0.15) is 0 Å². The smallest absolute Gasteiger partial charge is 0.310 e. The summed E-state index contributed by atoms with van der Waals surface area (Å²) in [6.07, 6.45) is 4.07. The van der Waals surface area contributed by atoms with Gasteiger partial charge in [0.2, 0.25) is 5.91 Å². The lowest BCUT2D eigenvalue weighted by Gasteiger charge is -2.25. The third-order valence-electron chi connectivity index (χ3n) is 3.46. The molecular weight excluding hydrogens is 244 g/mol. The van der Waals surface area contributed by atoms with Crippen LogP contribution in [0.25, 0.3) is 0 Å². The van der Waals surface area contributed by atoms with E-state index in [1.54, 1.807) is 32.3 Å². The lowest BCUT2D eigenvalue weighted by molar-refractivity contribution is -0.151. The number of pyridine rings is 1. The van der Waals surface area contributed by atoms with Gasteiger partial charge in [-0.1, -0.05) is 13.8 Å². The highest BCUT2D eigenvalue weighted by atomic mass is 16.4. The van der Waals surface area contributed by atoms with Gasteiger partial charge in [0.25, 0.3) is 0 Å². The Kier molecular flexibility index (Phi) is 5.03. The minimum absolute atomic E-state index is 0.0245. The molecule has 1 amide bonds. The number of hydrogen-bond donors (Lipinski definition) is 2. The number of amides is 1. The van der Waals surface area contributed by atoms with Crippen LogP contribution in [0.3, 0.4) is 0 Å². The molecule has 104 valence electrons. The number of aromatic nitrogens is 1. The van der Waals surface area contributed by atoms with Crippen molar-refractivity contribution in [2.24, 2.45) is 5.41 Å². The number of carboxylic acids is 1. The molecule has 0 saturated carbocycles. The molecule has 0 radical (unpaired) electrons. The molecule has 0 aliphatic carbocycles. The maximum atomic E-state index is 12.0. The zero-order valence-corrected chi connectivity index (χ0v) is 11.6. The number of anilines is 1. The first kappa shape index (κ1) is 15.1. The second-order valence-electron chi connectivity index (χ2n) is 4.77. The largest absolute Gasteiger partial charge is 0.481 e. The quantitative estimate of drug-likeness (QED) is 0.827. The monoisotopic (exact) mass is 264 g/mol. The molecule has 0 spiro atoms. The summed E-state index contributed by atoms with van der Waals surface area (Å²) in [5, 5.41) is 12.0. The molecular formula is C14H20N2O3. The van der Waals surface area contributed by atoms with Gasteiger partial charge < -0.3 is 10.4 Å². The normalized spacial score (nSPS) is 11.1. The molecule has 1 heterocycles. The van der Waals surface area contributed by atoms with Gasteiger partial charge in [-0.3, -0.25) is 14.6 Å². The number of nitrogens with zero attached hydrogens (tertiary/aromatic N) is 1. The second kappa shape index (κ2) is 6.31. The Morgan fingerprint density at radius 1 is 1.32 bits per heavy atom. The van der Waals surface area contributed by atoms with Crippen LogP contribution in [-0.4, -0.2) is 22.0 Å². The molecule has 19 heavy (non-hydrogen) atoms. The SMILES string of the molecule is CCC(CC)(CC(=O)Nc1cncc(C)c1)C(=O)O. The van der Waals surface area contributed by atoms with Crippen molar-refractivity contribution in [1.29, 1.82) is 0 Å². The topological polar surface area (TPSA) is 79.3 Å². The summed E-state index contributed by atoms with van der Waals surface area (Å²) in [4.78, 5) is 27.3. The summed E-state index contributed by atoms with van der Waals surface area (Å²) < 4.78 is 0. The highest BCUT2D eigenvalue weighted by Crippen LogP contribution is 2.31. The number of aliphatic carboxylic acids is 1. The number of rotatable bonds is 6. The number of hydrogen-bond acceptors (Lipinski definition) is 3. The fourth-order valence-electron chi connectivity index (χ4n) is 2.01. The molecule has 0 unspecified atom stereocenters. The van der Waals surface area contributed by atoms with Gasteiger partial charge in [-0.2, -0.15) is 0 Å². The van der Waals surface area contributed by atoms with Crippen molar-refractivity contribution in [3.05, 3.63) is 24.0 Å². The summed E-state index contributed by atoms with van der Waals surface area (Å²) >= 11 is 0. The van der Waals surface area contributed by atoms with Gasteiger partial charge in [0.15, 0.2) is 0 Å². The van der Waals surface area contributed by atoms with Crippen molar-refractivity contribution in [3.8, 4) is 0 Å². The molecule has 0 aromatic carbocycles. The summed E-state index contributed by atoms with van der Waals surface area (Å²) in [7, 11) is 0. The number of nitrogens with one attached hydrogen (secondary N) is 1. The maximum absolute atomic E-state index is 12.0. The van der Waals surface area contributed by atoms with Gasteiger partial charge >= 0.3 is 5.97 Å². The molecule has 0 saturated heterocycles. The van der Waals surface area contributed by atoms with Gasteiger partial charge in [-0.25, -0.2) is 0 Å². The number of carboxylic acid groups (broad SMARTS) is 1. The Labute approximate surface area is 113 Å². The molecule has 0 atom stereocenters. The molecule has 0 aliphatic rings. The Balaban J connectivity index is 2.76. The van der Waals surface area contributed by atoms with E-state index in [2.05, 4.69) is 10.3 Å². The predicted octanol–water partition coefficient (Wildman–Crippen LogP) is 2.61. The summed E-state index contributed by atoms with van der Waals surface area (Å²) in [6.45, 7) is 5.46. The van der Waals surface area contributed by atoms with Crippen LogP contribution in [0.2, 0.25) is 0 Å². The molecule has 1 aromatic heterocycles. The van der Waals surface area contributed by atoms with Crippen LogP contribution in [0.4, 0.5) is 5.69 Å². The molecule has 2 N–H and O–H groups in total. The minimum atomic E-state index is -0.985. The highest BCUT2D eigenvalue weighted by Gasteiger charge is 2.37. The Bertz CT molecular complexity index is 468. The molecule has 1 rings (SSSR count). The van der Waals surface area contributed by atoms with E-state index >= 15 is 0 Å². The number of carbonyl (C=O) groups excluding carboxylic acids is 1. The molecule has 1 aromatic rings. The Morgan fingerprint density at radius 3 is 2.42 bits per heavy atom. The Morgan fingerprint density at radius 2 is 1.95 bits per heavy atom. The fourth-order valence-corrected chi connectivity index (χ4v) is 2.01. The van der Waals surface area contributed by atoms with E-state index in [9.17, 15) is 14.7 Å². The first-order valence-corrected chi connectivity index (χ1v) is 6.38. The van der Waals surface area contributed by atoms with Crippen LogP contribution in [0, 0.1) is 12.3 Å². The average molecular weight is 264 g/mol. The van der Waals surface area contributed by atoms with Crippen molar-refractivity contribution < 1.29 is 14.7 Å². The van der Waals surface area contributed by atoms with E-state index in [1.807, 2.05) is 6.92 Å². The van der Waals surface area contributed by atoms with Crippen molar-refractivity contribution in [2.45, 2.75) is 40.0 Å². The van der Waals surface area contributed by atoms with E-state index in [0.29, 0.717) is 18.5 Å². The van der Waals surface area contributed by atoms with Crippen molar-refractivity contribution in [1.82, 2.24) is 4.98 Å². The second-order valence-corrected chi connectivity index (χ2v) is 4.77. The molecule has 5 nitrogen and oxygen atoms in total. The highest BCUT2D eigenvalue weighted by molar-refractivity contribution is 5.94. The summed E-state index contributed by atoms with van der Waals surface area (Å²) in [5.74, 6) is -1.21. The van der Waals surface area contributed by atoms with E-state index in [1.165, 1.54) is 0 Å². The van der Waals surface area contributed by atoms with Gasteiger partial charge in [-0.15, -0.1) is 0 Å². The van der Waals surface area contributed by atoms with E-state index in [0.717, 1.165) is 5.56 Å². The van der Waals surface area contributed by atoms with Crippen LogP contribution in [-0.2, 0) is 9.59 Å². The molecule has 0 fully saturated rings. The molecule has 0 aliphatic heterocycles. The minimum Gasteiger partial charge on any atom is -0.481 e. The fraction of sp³-hybridized carbons (Fsp3) is 0.500. The molecule has 0 bridgehead atoms. The zero-order chi connectivity index (χ0) is 14.5. The summed E-state index contributed by atoms with van der Waals surface area (Å²) in [5.41, 5.74) is 0.547. The zero-order valence-electron chi connectivity index (χ0n) is 11.6. The van der Waals surface area contributed by atoms with Gasteiger partial charge in [0, 0.05) is 12.6 Å². The van der Waals surface area contributed by atoms with E-state index in [4.69, 9.17) is 0 Å². The van der Waals surface area contributed by atoms with E-state index in [-0.39, 0.29) is 12.3 Å². The van der Waals surface area contributed by atoms with Crippen molar-refractivity contribution in [3.63, 3.8) is 0 Å². The molecule has 5 heteroatoms. The summed E-state index contributed by atoms with van der Waals surface area (Å²) in [6, 6.07) is 1.80. The third-order valence-corrected chi connectivity index (χ3v) is 3.46. The van der Waals surface area contributed by atoms with Crippen molar-refractivity contribution in [2.75, 3.05) is 5.32 Å². The standard InChI is InChI=1S/C14H20N2O3/c1-4-14(5-2,13(18)19)7-12(17)16-11-6-10(3)8-15-9-11/h6,8-9H,4-5,7H2,1-3H3,(H,16,17)(H,18,19). The van der Waals surface area contributed by atoms with Crippen LogP contribution in [0.1, 0.15) is 38.7 Å². The van der Waals surface area contributed by atoms with Gasteiger partial charge in [0.05, 0.1) is 17.3 Å². The lowest BCUT2D eigenvalue weighted by Crippen LogP contribution is -2.34. The first-order chi connectivity index (χ1) is 8.93. The maximum Gasteiger partial charge on any atom is 0.310 e. The van der Waals surface area contributed by atoms with E-state index < -0.39 is 11.4 Å². The van der Waals surface area contributed by atoms with Crippen molar-refractivity contribution >= 4 is 17.6 Å². The Hall–Kier alpha value is -1.91. The lowest BCUT2D eigenvalue weighted by atomic mass is 9.79. The number of carbonyl (C=O) groups is 2. The van der Waals surface area contributed by atoms with Crippen LogP contribution >= 0.6 is 0 Å². The third kappa shape index (κ3) is 3.77. The van der Waals surface area contributed by atoms with Crippen LogP contribution in [0.5, 0.6) is 0 Å².